The highest BCUT2D eigenvalue weighted by Crippen LogP contribution is 2.19. The zero-order valence-electron chi connectivity index (χ0n) is 11.7. The minimum atomic E-state index is 0.234. The Hall–Kier alpha value is -0.390. The van der Waals surface area contributed by atoms with E-state index in [-0.39, 0.29) is 12.6 Å². The zero-order valence-corrected chi connectivity index (χ0v) is 13.2. The van der Waals surface area contributed by atoms with E-state index in [1.165, 1.54) is 0 Å². The lowest BCUT2D eigenvalue weighted by Crippen LogP contribution is -2.50. The molecule has 0 spiro atoms. The van der Waals surface area contributed by atoms with Gasteiger partial charge < -0.3 is 5.11 Å². The van der Waals surface area contributed by atoms with Crippen molar-refractivity contribution in [1.29, 1.82) is 0 Å². The van der Waals surface area contributed by atoms with Gasteiger partial charge in [0.15, 0.2) is 0 Å². The van der Waals surface area contributed by atoms with Gasteiger partial charge in [0, 0.05) is 38.8 Å². The van der Waals surface area contributed by atoms with E-state index in [9.17, 15) is 5.11 Å². The van der Waals surface area contributed by atoms with Crippen molar-refractivity contribution in [2.45, 2.75) is 25.9 Å². The number of hydrogen-bond donors (Lipinski definition) is 1. The molecule has 0 bridgehead atoms. The van der Waals surface area contributed by atoms with Gasteiger partial charge in [-0.05, 0) is 18.6 Å². The topological polar surface area (TPSA) is 39.6 Å². The van der Waals surface area contributed by atoms with Crippen molar-refractivity contribution in [1.82, 2.24) is 14.8 Å². The summed E-state index contributed by atoms with van der Waals surface area (Å²) in [5.41, 5.74) is 0.835. The molecular formula is C14H21Cl2N3O. The molecule has 0 saturated carbocycles. The van der Waals surface area contributed by atoms with E-state index in [0.29, 0.717) is 10.2 Å². The third-order valence-corrected chi connectivity index (χ3v) is 4.42. The Morgan fingerprint density at radius 2 is 1.95 bits per heavy atom. The molecule has 112 valence electrons. The van der Waals surface area contributed by atoms with Crippen LogP contribution in [-0.4, -0.2) is 58.7 Å². The van der Waals surface area contributed by atoms with Gasteiger partial charge in [-0.1, -0.05) is 30.1 Å². The quantitative estimate of drug-likeness (QED) is 0.846. The summed E-state index contributed by atoms with van der Waals surface area (Å²) < 4.78 is 0. The van der Waals surface area contributed by atoms with Gasteiger partial charge in [0.2, 0.25) is 0 Å². The van der Waals surface area contributed by atoms with Crippen LogP contribution in [0.4, 0.5) is 0 Å². The first-order valence-corrected chi connectivity index (χ1v) is 7.77. The van der Waals surface area contributed by atoms with E-state index in [0.717, 1.165) is 44.8 Å². The van der Waals surface area contributed by atoms with Crippen molar-refractivity contribution in [2.24, 2.45) is 0 Å². The van der Waals surface area contributed by atoms with Crippen LogP contribution in [0.15, 0.2) is 12.1 Å². The standard InChI is InChI=1S/C14H21Cl2N3O/c1-2-11(10-20)19-7-5-18(6-8-19)9-13-12(15)3-4-14(16)17-13/h3-4,11,20H,2,5-10H2,1H3/t11-/m0/s1. The van der Waals surface area contributed by atoms with Gasteiger partial charge in [0.25, 0.3) is 0 Å². The van der Waals surface area contributed by atoms with Crippen LogP contribution >= 0.6 is 23.2 Å². The molecular weight excluding hydrogens is 297 g/mol. The van der Waals surface area contributed by atoms with Crippen molar-refractivity contribution in [3.8, 4) is 0 Å². The molecule has 6 heteroatoms. The van der Waals surface area contributed by atoms with Gasteiger partial charge in [-0.2, -0.15) is 0 Å². The van der Waals surface area contributed by atoms with Crippen LogP contribution in [-0.2, 0) is 6.54 Å². The van der Waals surface area contributed by atoms with Gasteiger partial charge in [-0.15, -0.1) is 0 Å². The lowest BCUT2D eigenvalue weighted by atomic mass is 10.1. The molecule has 1 aliphatic heterocycles. The average Bonchev–Trinajstić information content (AvgIpc) is 2.46. The molecule has 4 nitrogen and oxygen atoms in total. The Labute approximate surface area is 130 Å². The number of aliphatic hydroxyl groups is 1. The molecule has 1 N–H and O–H groups in total. The normalized spacial score (nSPS) is 19.2. The van der Waals surface area contributed by atoms with E-state index in [2.05, 4.69) is 21.7 Å². The number of nitrogens with zero attached hydrogens (tertiary/aromatic N) is 3. The molecule has 20 heavy (non-hydrogen) atoms. The molecule has 1 aromatic heterocycles. The molecule has 0 radical (unpaired) electrons. The van der Waals surface area contributed by atoms with Crippen LogP contribution in [0.5, 0.6) is 0 Å². The highest BCUT2D eigenvalue weighted by atomic mass is 35.5. The summed E-state index contributed by atoms with van der Waals surface area (Å²) in [6.07, 6.45) is 0.984. The second-order valence-corrected chi connectivity index (χ2v) is 5.91. The fourth-order valence-corrected chi connectivity index (χ4v) is 2.90. The Bertz CT molecular complexity index is 432. The second-order valence-electron chi connectivity index (χ2n) is 5.12. The smallest absolute Gasteiger partial charge is 0.129 e. The molecule has 1 aliphatic rings. The Kier molecular flexibility index (Phi) is 6.05. The third-order valence-electron chi connectivity index (χ3n) is 3.86. The van der Waals surface area contributed by atoms with Crippen molar-refractivity contribution in [2.75, 3.05) is 32.8 Å². The van der Waals surface area contributed by atoms with E-state index < -0.39 is 0 Å². The van der Waals surface area contributed by atoms with E-state index in [1.807, 2.05) is 0 Å². The third kappa shape index (κ3) is 4.06. The summed E-state index contributed by atoms with van der Waals surface area (Å²) in [6.45, 7) is 6.93. The van der Waals surface area contributed by atoms with E-state index in [4.69, 9.17) is 23.2 Å². The highest BCUT2D eigenvalue weighted by molar-refractivity contribution is 6.32. The number of pyridine rings is 1. The van der Waals surface area contributed by atoms with Crippen LogP contribution in [0, 0.1) is 0 Å². The monoisotopic (exact) mass is 317 g/mol. The summed E-state index contributed by atoms with van der Waals surface area (Å²) in [5, 5.41) is 10.5. The molecule has 1 atom stereocenters. The molecule has 2 heterocycles. The number of rotatable bonds is 5. The lowest BCUT2D eigenvalue weighted by Gasteiger charge is -2.38. The fraction of sp³-hybridized carbons (Fsp3) is 0.643. The van der Waals surface area contributed by atoms with Gasteiger partial charge in [-0.25, -0.2) is 4.98 Å². The van der Waals surface area contributed by atoms with Gasteiger partial charge in [-0.3, -0.25) is 9.80 Å². The van der Waals surface area contributed by atoms with Crippen LogP contribution in [0.1, 0.15) is 19.0 Å². The van der Waals surface area contributed by atoms with Crippen molar-refractivity contribution in [3.05, 3.63) is 28.0 Å². The van der Waals surface area contributed by atoms with Crippen LogP contribution in [0.3, 0.4) is 0 Å². The van der Waals surface area contributed by atoms with E-state index >= 15 is 0 Å². The minimum Gasteiger partial charge on any atom is -0.395 e. The Balaban J connectivity index is 1.89. The summed E-state index contributed by atoms with van der Waals surface area (Å²) in [4.78, 5) is 8.97. The number of aromatic nitrogens is 1. The maximum Gasteiger partial charge on any atom is 0.129 e. The summed E-state index contributed by atoms with van der Waals surface area (Å²) >= 11 is 12.1. The fourth-order valence-electron chi connectivity index (χ4n) is 2.57. The predicted octanol–water partition coefficient (Wildman–Crippen LogP) is 2.28. The maximum absolute atomic E-state index is 9.35. The summed E-state index contributed by atoms with van der Waals surface area (Å²) in [5.74, 6) is 0. The molecule has 0 unspecified atom stereocenters. The summed E-state index contributed by atoms with van der Waals surface area (Å²) in [7, 11) is 0. The molecule has 0 aromatic carbocycles. The molecule has 2 rings (SSSR count). The Morgan fingerprint density at radius 1 is 1.25 bits per heavy atom. The van der Waals surface area contributed by atoms with Crippen LogP contribution in [0.25, 0.3) is 0 Å². The average molecular weight is 318 g/mol. The second kappa shape index (κ2) is 7.57. The number of piperazine rings is 1. The minimum absolute atomic E-state index is 0.234. The molecule has 1 aromatic rings. The van der Waals surface area contributed by atoms with E-state index in [1.54, 1.807) is 12.1 Å². The molecule has 1 fully saturated rings. The first-order valence-electron chi connectivity index (χ1n) is 7.02. The van der Waals surface area contributed by atoms with Gasteiger partial charge >= 0.3 is 0 Å². The number of halogens is 2. The number of aliphatic hydroxyl groups excluding tert-OH is 1. The van der Waals surface area contributed by atoms with Gasteiger partial charge in [0.05, 0.1) is 17.3 Å². The van der Waals surface area contributed by atoms with Crippen molar-refractivity contribution >= 4 is 23.2 Å². The van der Waals surface area contributed by atoms with Gasteiger partial charge in [0.1, 0.15) is 5.15 Å². The predicted molar refractivity (Wildman–Crippen MR) is 82.3 cm³/mol. The Morgan fingerprint density at radius 3 is 2.55 bits per heavy atom. The molecule has 0 amide bonds. The lowest BCUT2D eigenvalue weighted by molar-refractivity contribution is 0.0604. The zero-order chi connectivity index (χ0) is 14.5. The highest BCUT2D eigenvalue weighted by Gasteiger charge is 2.22. The van der Waals surface area contributed by atoms with Crippen molar-refractivity contribution < 1.29 is 5.11 Å². The first-order chi connectivity index (χ1) is 9.63. The van der Waals surface area contributed by atoms with Crippen LogP contribution < -0.4 is 0 Å². The number of hydrogen-bond acceptors (Lipinski definition) is 4. The largest absolute Gasteiger partial charge is 0.395 e. The maximum atomic E-state index is 9.35. The molecule has 0 aliphatic carbocycles. The van der Waals surface area contributed by atoms with Crippen LogP contribution in [0.2, 0.25) is 10.2 Å². The van der Waals surface area contributed by atoms with Crippen molar-refractivity contribution in [3.63, 3.8) is 0 Å². The SMILES string of the molecule is CC[C@@H](CO)N1CCN(Cc2nc(Cl)ccc2Cl)CC1. The molecule has 1 saturated heterocycles. The first kappa shape index (κ1) is 16.0. The summed E-state index contributed by atoms with van der Waals surface area (Å²) in [6, 6.07) is 3.78.